The molecule has 0 aliphatic heterocycles. The first-order valence-corrected chi connectivity index (χ1v) is 7.80. The molecule has 1 aliphatic carbocycles. The van der Waals surface area contributed by atoms with E-state index in [9.17, 15) is 0 Å². The predicted molar refractivity (Wildman–Crippen MR) is 84.4 cm³/mol. The third kappa shape index (κ3) is 2.16. The summed E-state index contributed by atoms with van der Waals surface area (Å²) in [5.41, 5.74) is 8.33. The maximum atomic E-state index is 6.07. The highest BCUT2D eigenvalue weighted by Gasteiger charge is 2.40. The number of hydrogen-bond acceptors (Lipinski definition) is 3. The zero-order valence-corrected chi connectivity index (χ0v) is 13.4. The molecular weight excluding hydrogens is 316 g/mol. The van der Waals surface area contributed by atoms with Crippen LogP contribution in [0.4, 0.5) is 5.82 Å². The Labute approximate surface area is 127 Å². The average Bonchev–Trinajstić information content (AvgIpc) is 2.93. The highest BCUT2D eigenvalue weighted by Crippen LogP contribution is 2.52. The van der Waals surface area contributed by atoms with Crippen LogP contribution in [0.3, 0.4) is 0 Å². The minimum atomic E-state index is 0.238. The summed E-state index contributed by atoms with van der Waals surface area (Å²) in [6.45, 7) is 4.60. The van der Waals surface area contributed by atoms with Crippen LogP contribution in [0.1, 0.15) is 44.8 Å². The molecule has 20 heavy (non-hydrogen) atoms. The average molecular weight is 335 g/mol. The first kappa shape index (κ1) is 13.7. The molecule has 0 radical (unpaired) electrons. The molecule has 0 amide bonds. The fourth-order valence-electron chi connectivity index (χ4n) is 3.30. The van der Waals surface area contributed by atoms with E-state index in [1.165, 1.54) is 12.8 Å². The summed E-state index contributed by atoms with van der Waals surface area (Å²) in [7, 11) is 0. The van der Waals surface area contributed by atoms with Crippen molar-refractivity contribution < 1.29 is 4.52 Å². The van der Waals surface area contributed by atoms with E-state index in [1.54, 1.807) is 0 Å². The molecule has 2 aromatic rings. The third-order valence-corrected chi connectivity index (χ3v) is 5.15. The standard InChI is InChI=1S/C16H19BrN2O/c1-16(2)9-5-7-11(16)14-13(15(18)19-20-14)10-6-3-4-8-12(10)17/h3-4,6,8,11H,5,7,9H2,1-2H3,(H2,18,19). The molecule has 1 unspecified atom stereocenters. The predicted octanol–water partition coefficient (Wildman–Crippen LogP) is 4.98. The van der Waals surface area contributed by atoms with Gasteiger partial charge in [-0.1, -0.05) is 59.6 Å². The fraction of sp³-hybridized carbons (Fsp3) is 0.438. The number of anilines is 1. The van der Waals surface area contributed by atoms with Gasteiger partial charge in [-0.3, -0.25) is 0 Å². The molecule has 4 heteroatoms. The Kier molecular flexibility index (Phi) is 3.36. The Bertz CT molecular complexity index is 633. The second-order valence-corrected chi connectivity index (χ2v) is 7.07. The second-order valence-electron chi connectivity index (χ2n) is 6.22. The maximum Gasteiger partial charge on any atom is 0.175 e. The molecule has 3 rings (SSSR count). The van der Waals surface area contributed by atoms with E-state index in [-0.39, 0.29) is 5.41 Å². The van der Waals surface area contributed by atoms with Gasteiger partial charge in [0.2, 0.25) is 0 Å². The van der Waals surface area contributed by atoms with Gasteiger partial charge >= 0.3 is 0 Å². The van der Waals surface area contributed by atoms with Gasteiger partial charge in [-0.15, -0.1) is 0 Å². The quantitative estimate of drug-likeness (QED) is 0.842. The molecule has 106 valence electrons. The number of nitrogens with two attached hydrogens (primary N) is 1. The fourth-order valence-corrected chi connectivity index (χ4v) is 3.78. The summed E-state index contributed by atoms with van der Waals surface area (Å²) in [6, 6.07) is 8.08. The van der Waals surface area contributed by atoms with Crippen LogP contribution in [-0.4, -0.2) is 5.16 Å². The van der Waals surface area contributed by atoms with Gasteiger partial charge in [0, 0.05) is 16.0 Å². The van der Waals surface area contributed by atoms with E-state index >= 15 is 0 Å². The summed E-state index contributed by atoms with van der Waals surface area (Å²) in [5.74, 6) is 1.81. The zero-order valence-electron chi connectivity index (χ0n) is 11.8. The SMILES string of the molecule is CC1(C)CCCC1c1onc(N)c1-c1ccccc1Br. The van der Waals surface area contributed by atoms with Crippen molar-refractivity contribution in [2.24, 2.45) is 5.41 Å². The third-order valence-electron chi connectivity index (χ3n) is 4.46. The minimum Gasteiger partial charge on any atom is -0.380 e. The number of hydrogen-bond donors (Lipinski definition) is 1. The zero-order chi connectivity index (χ0) is 14.3. The molecule has 3 nitrogen and oxygen atoms in total. The van der Waals surface area contributed by atoms with Crippen LogP contribution in [0.5, 0.6) is 0 Å². The molecule has 1 aliphatic rings. The Morgan fingerprint density at radius 1 is 1.35 bits per heavy atom. The topological polar surface area (TPSA) is 52.0 Å². The van der Waals surface area contributed by atoms with Crippen LogP contribution in [0.15, 0.2) is 33.3 Å². The summed E-state index contributed by atoms with van der Waals surface area (Å²) in [4.78, 5) is 0. The van der Waals surface area contributed by atoms with Crippen molar-refractivity contribution in [2.45, 2.75) is 39.0 Å². The molecule has 1 heterocycles. The summed E-state index contributed by atoms with van der Waals surface area (Å²) in [6.07, 6.45) is 3.58. The van der Waals surface area contributed by atoms with Gasteiger partial charge in [0.05, 0.1) is 5.56 Å². The number of aromatic nitrogens is 1. The number of halogens is 1. The van der Waals surface area contributed by atoms with Crippen LogP contribution < -0.4 is 5.73 Å². The molecular formula is C16H19BrN2O. The van der Waals surface area contributed by atoms with Gasteiger partial charge < -0.3 is 10.3 Å². The van der Waals surface area contributed by atoms with Gasteiger partial charge in [0.15, 0.2) is 5.82 Å². The lowest BCUT2D eigenvalue weighted by Crippen LogP contribution is -2.15. The van der Waals surface area contributed by atoms with Gasteiger partial charge in [0.1, 0.15) is 5.76 Å². The Balaban J connectivity index is 2.14. The Morgan fingerprint density at radius 2 is 2.10 bits per heavy atom. The number of nitrogen functional groups attached to an aromatic ring is 1. The lowest BCUT2D eigenvalue weighted by molar-refractivity contribution is 0.269. The van der Waals surface area contributed by atoms with E-state index in [2.05, 4.69) is 41.0 Å². The molecule has 1 atom stereocenters. The van der Waals surface area contributed by atoms with Gasteiger partial charge in [-0.25, -0.2) is 0 Å². The molecule has 0 bridgehead atoms. The van der Waals surface area contributed by atoms with Crippen molar-refractivity contribution in [1.29, 1.82) is 0 Å². The number of rotatable bonds is 2. The molecule has 1 aromatic heterocycles. The van der Waals surface area contributed by atoms with E-state index in [0.29, 0.717) is 11.7 Å². The monoisotopic (exact) mass is 334 g/mol. The highest BCUT2D eigenvalue weighted by atomic mass is 79.9. The Hall–Kier alpha value is -1.29. The van der Waals surface area contributed by atoms with Crippen molar-refractivity contribution in [3.05, 3.63) is 34.5 Å². The van der Waals surface area contributed by atoms with Gasteiger partial charge in [0.25, 0.3) is 0 Å². The van der Waals surface area contributed by atoms with Crippen molar-refractivity contribution >= 4 is 21.7 Å². The van der Waals surface area contributed by atoms with Crippen LogP contribution in [0.2, 0.25) is 0 Å². The first-order valence-electron chi connectivity index (χ1n) is 7.00. The van der Waals surface area contributed by atoms with Crippen molar-refractivity contribution in [3.8, 4) is 11.1 Å². The first-order chi connectivity index (χ1) is 9.50. The van der Waals surface area contributed by atoms with Gasteiger partial charge in [-0.2, -0.15) is 0 Å². The highest BCUT2D eigenvalue weighted by molar-refractivity contribution is 9.10. The minimum absolute atomic E-state index is 0.238. The molecule has 2 N–H and O–H groups in total. The lowest BCUT2D eigenvalue weighted by Gasteiger charge is -2.25. The van der Waals surface area contributed by atoms with Crippen LogP contribution in [-0.2, 0) is 0 Å². The molecule has 1 fully saturated rings. The lowest BCUT2D eigenvalue weighted by atomic mass is 9.79. The Morgan fingerprint density at radius 3 is 2.75 bits per heavy atom. The molecule has 0 spiro atoms. The van der Waals surface area contributed by atoms with E-state index < -0.39 is 0 Å². The number of nitrogens with zero attached hydrogens (tertiary/aromatic N) is 1. The summed E-state index contributed by atoms with van der Waals surface area (Å²) < 4.78 is 6.65. The largest absolute Gasteiger partial charge is 0.380 e. The van der Waals surface area contributed by atoms with E-state index in [0.717, 1.165) is 27.8 Å². The smallest absolute Gasteiger partial charge is 0.175 e. The van der Waals surface area contributed by atoms with Crippen molar-refractivity contribution in [2.75, 3.05) is 5.73 Å². The molecule has 0 saturated heterocycles. The van der Waals surface area contributed by atoms with Crippen molar-refractivity contribution in [1.82, 2.24) is 5.16 Å². The second kappa shape index (κ2) is 4.92. The maximum absolute atomic E-state index is 6.07. The number of benzene rings is 1. The summed E-state index contributed by atoms with van der Waals surface area (Å²) >= 11 is 3.60. The normalized spacial score (nSPS) is 21.2. The van der Waals surface area contributed by atoms with Crippen LogP contribution in [0, 0.1) is 5.41 Å². The summed E-state index contributed by atoms with van der Waals surface area (Å²) in [5, 5.41) is 4.03. The van der Waals surface area contributed by atoms with Crippen LogP contribution in [0.25, 0.3) is 11.1 Å². The van der Waals surface area contributed by atoms with Crippen molar-refractivity contribution in [3.63, 3.8) is 0 Å². The van der Waals surface area contributed by atoms with Crippen LogP contribution >= 0.6 is 15.9 Å². The molecule has 1 saturated carbocycles. The van der Waals surface area contributed by atoms with E-state index in [4.69, 9.17) is 10.3 Å². The molecule has 1 aromatic carbocycles. The van der Waals surface area contributed by atoms with E-state index in [1.807, 2.05) is 18.2 Å². The van der Waals surface area contributed by atoms with Gasteiger partial charge in [-0.05, 0) is 24.3 Å².